The summed E-state index contributed by atoms with van der Waals surface area (Å²) < 4.78 is 11.2. The second-order valence-corrected chi connectivity index (χ2v) is 6.89. The first kappa shape index (κ1) is 15.8. The Morgan fingerprint density at radius 1 is 1.24 bits per heavy atom. The molecule has 1 aliphatic heterocycles. The fraction of sp³-hybridized carbons (Fsp3) is 0.385. The third kappa shape index (κ3) is 4.71. The highest BCUT2D eigenvalue weighted by Gasteiger charge is 2.19. The first-order valence-corrected chi connectivity index (χ1v) is 8.27. The van der Waals surface area contributed by atoms with E-state index in [2.05, 4.69) is 10.6 Å². The second-order valence-electron chi connectivity index (χ2n) is 4.75. The van der Waals surface area contributed by atoms with E-state index in [0.29, 0.717) is 30.0 Å². The van der Waals surface area contributed by atoms with E-state index in [1.165, 1.54) is 18.2 Å². The maximum Gasteiger partial charge on any atom is 0.335 e. The molecule has 0 bridgehead atoms. The van der Waals surface area contributed by atoms with Gasteiger partial charge in [-0.2, -0.15) is 0 Å². The standard InChI is InChI=1S/C13H15ClN2O4S/c14-9-5-8(12(17)18)6-11(7-9)16-13(19)15-10-1-3-21(20)4-2-10/h5-7,10H,1-4H2,(H,17,18)(H2,15,16,19). The molecule has 1 heterocycles. The predicted octanol–water partition coefficient (Wildman–Crippen LogP) is 2.07. The molecule has 1 aromatic rings. The van der Waals surface area contributed by atoms with Crippen molar-refractivity contribution in [2.24, 2.45) is 0 Å². The summed E-state index contributed by atoms with van der Waals surface area (Å²) in [5, 5.41) is 14.5. The smallest absolute Gasteiger partial charge is 0.335 e. The average molecular weight is 331 g/mol. The molecule has 1 aliphatic rings. The van der Waals surface area contributed by atoms with Crippen molar-refractivity contribution in [3.05, 3.63) is 28.8 Å². The van der Waals surface area contributed by atoms with Crippen molar-refractivity contribution in [3.8, 4) is 0 Å². The summed E-state index contributed by atoms with van der Waals surface area (Å²) in [5.74, 6) is 0.0621. The van der Waals surface area contributed by atoms with E-state index in [1.54, 1.807) is 0 Å². The summed E-state index contributed by atoms with van der Waals surface area (Å²) in [6, 6.07) is 3.68. The van der Waals surface area contributed by atoms with Crippen molar-refractivity contribution in [1.82, 2.24) is 5.32 Å². The fourth-order valence-electron chi connectivity index (χ4n) is 2.08. The molecule has 6 nitrogen and oxygen atoms in total. The highest BCUT2D eigenvalue weighted by Crippen LogP contribution is 2.19. The number of carbonyl (C=O) groups excluding carboxylic acids is 1. The summed E-state index contributed by atoms with van der Waals surface area (Å²) in [4.78, 5) is 22.8. The van der Waals surface area contributed by atoms with Gasteiger partial charge in [0.15, 0.2) is 0 Å². The summed E-state index contributed by atoms with van der Waals surface area (Å²) in [5.41, 5.74) is 0.322. The van der Waals surface area contributed by atoms with Gasteiger partial charge in [0.05, 0.1) is 5.56 Å². The van der Waals surface area contributed by atoms with Crippen molar-refractivity contribution < 1.29 is 18.9 Å². The first-order chi connectivity index (χ1) is 9.94. The number of carbonyl (C=O) groups is 2. The quantitative estimate of drug-likeness (QED) is 0.790. The summed E-state index contributed by atoms with van der Waals surface area (Å²) in [6.07, 6.45) is 1.35. The molecule has 0 aliphatic carbocycles. The monoisotopic (exact) mass is 330 g/mol. The van der Waals surface area contributed by atoms with Gasteiger partial charge in [-0.1, -0.05) is 11.6 Å². The van der Waals surface area contributed by atoms with Crippen LogP contribution in [0.1, 0.15) is 23.2 Å². The molecular formula is C13H15ClN2O4S. The van der Waals surface area contributed by atoms with E-state index in [0.717, 1.165) is 0 Å². The predicted molar refractivity (Wildman–Crippen MR) is 81.5 cm³/mol. The number of halogens is 1. The molecule has 0 atom stereocenters. The maximum atomic E-state index is 11.9. The molecule has 1 aromatic carbocycles. The SMILES string of the molecule is O=C(Nc1cc(Cl)cc(C(=O)O)c1)NC1CCS(=O)CC1. The van der Waals surface area contributed by atoms with E-state index in [4.69, 9.17) is 16.7 Å². The van der Waals surface area contributed by atoms with Gasteiger partial charge in [0.1, 0.15) is 0 Å². The largest absolute Gasteiger partial charge is 0.478 e. The van der Waals surface area contributed by atoms with Crippen molar-refractivity contribution in [3.63, 3.8) is 0 Å². The van der Waals surface area contributed by atoms with Gasteiger partial charge in [-0.05, 0) is 31.0 Å². The number of rotatable bonds is 3. The highest BCUT2D eigenvalue weighted by atomic mass is 35.5. The third-order valence-corrected chi connectivity index (χ3v) is 4.73. The lowest BCUT2D eigenvalue weighted by molar-refractivity contribution is 0.0697. The fourth-order valence-corrected chi connectivity index (χ4v) is 3.61. The van der Waals surface area contributed by atoms with E-state index in [1.807, 2.05) is 0 Å². The molecule has 0 radical (unpaired) electrons. The number of benzene rings is 1. The van der Waals surface area contributed by atoms with Crippen molar-refractivity contribution in [2.45, 2.75) is 18.9 Å². The minimum Gasteiger partial charge on any atom is -0.478 e. The van der Waals surface area contributed by atoms with Crippen molar-refractivity contribution in [2.75, 3.05) is 16.8 Å². The van der Waals surface area contributed by atoms with Gasteiger partial charge in [-0.25, -0.2) is 9.59 Å². The number of carboxylic acids is 1. The lowest BCUT2D eigenvalue weighted by Crippen LogP contribution is -2.41. The average Bonchev–Trinajstić information content (AvgIpc) is 2.40. The number of nitrogens with one attached hydrogen (secondary N) is 2. The van der Waals surface area contributed by atoms with E-state index in [9.17, 15) is 13.8 Å². The van der Waals surface area contributed by atoms with Crippen LogP contribution < -0.4 is 10.6 Å². The number of amides is 2. The molecule has 1 saturated heterocycles. The lowest BCUT2D eigenvalue weighted by Gasteiger charge is -2.22. The molecule has 0 spiro atoms. The number of anilines is 1. The van der Waals surface area contributed by atoms with Crippen LogP contribution in [0.2, 0.25) is 5.02 Å². The maximum absolute atomic E-state index is 11.9. The Morgan fingerprint density at radius 3 is 2.52 bits per heavy atom. The van der Waals surface area contributed by atoms with Crippen LogP contribution in [0.15, 0.2) is 18.2 Å². The summed E-state index contributed by atoms with van der Waals surface area (Å²) in [6.45, 7) is 0. The van der Waals surface area contributed by atoms with Crippen LogP contribution in [0.4, 0.5) is 10.5 Å². The van der Waals surface area contributed by atoms with Crippen LogP contribution in [0.5, 0.6) is 0 Å². The molecule has 2 rings (SSSR count). The van der Waals surface area contributed by atoms with Crippen LogP contribution in [0.25, 0.3) is 0 Å². The van der Waals surface area contributed by atoms with Gasteiger partial charge in [-0.15, -0.1) is 0 Å². The van der Waals surface area contributed by atoms with Gasteiger partial charge >= 0.3 is 12.0 Å². The van der Waals surface area contributed by atoms with Gasteiger partial charge in [-0.3, -0.25) is 4.21 Å². The number of urea groups is 1. The Labute approximate surface area is 129 Å². The number of aromatic carboxylic acids is 1. The zero-order chi connectivity index (χ0) is 15.4. The zero-order valence-electron chi connectivity index (χ0n) is 11.1. The Morgan fingerprint density at radius 2 is 1.90 bits per heavy atom. The Hall–Kier alpha value is -1.60. The molecular weight excluding hydrogens is 316 g/mol. The molecule has 0 saturated carbocycles. The second kappa shape index (κ2) is 6.91. The first-order valence-electron chi connectivity index (χ1n) is 6.40. The molecule has 21 heavy (non-hydrogen) atoms. The normalized spacial score (nSPS) is 21.6. The Balaban J connectivity index is 1.96. The Bertz CT molecular complexity index is 584. The van der Waals surface area contributed by atoms with E-state index < -0.39 is 22.8 Å². The van der Waals surface area contributed by atoms with Gasteiger partial charge in [0, 0.05) is 39.1 Å². The minimum absolute atomic E-state index is 0.00543. The van der Waals surface area contributed by atoms with Crippen LogP contribution >= 0.6 is 11.6 Å². The third-order valence-electron chi connectivity index (χ3n) is 3.13. The van der Waals surface area contributed by atoms with Crippen LogP contribution in [0, 0.1) is 0 Å². The molecule has 114 valence electrons. The minimum atomic E-state index is -1.12. The van der Waals surface area contributed by atoms with Crippen LogP contribution in [0.3, 0.4) is 0 Å². The summed E-state index contributed by atoms with van der Waals surface area (Å²) >= 11 is 5.82. The van der Waals surface area contributed by atoms with E-state index >= 15 is 0 Å². The molecule has 0 aromatic heterocycles. The van der Waals surface area contributed by atoms with Gasteiger partial charge < -0.3 is 15.7 Å². The Kier molecular flexibility index (Phi) is 5.19. The zero-order valence-corrected chi connectivity index (χ0v) is 12.7. The number of carboxylic acid groups (broad SMARTS) is 1. The number of hydrogen-bond acceptors (Lipinski definition) is 3. The molecule has 3 N–H and O–H groups in total. The molecule has 8 heteroatoms. The van der Waals surface area contributed by atoms with Gasteiger partial charge in [0.25, 0.3) is 0 Å². The highest BCUT2D eigenvalue weighted by molar-refractivity contribution is 7.85. The van der Waals surface area contributed by atoms with Gasteiger partial charge in [0.2, 0.25) is 0 Å². The molecule has 1 fully saturated rings. The molecule has 0 unspecified atom stereocenters. The van der Waals surface area contributed by atoms with Crippen LogP contribution in [-0.2, 0) is 10.8 Å². The topological polar surface area (TPSA) is 95.5 Å². The van der Waals surface area contributed by atoms with Crippen LogP contribution in [-0.4, -0.2) is 38.9 Å². The summed E-state index contributed by atoms with van der Waals surface area (Å²) in [7, 11) is -0.780. The van der Waals surface area contributed by atoms with Crippen molar-refractivity contribution >= 4 is 40.1 Å². The van der Waals surface area contributed by atoms with E-state index in [-0.39, 0.29) is 16.6 Å². The number of hydrogen-bond donors (Lipinski definition) is 3. The van der Waals surface area contributed by atoms with Crippen molar-refractivity contribution in [1.29, 1.82) is 0 Å². The lowest BCUT2D eigenvalue weighted by atomic mass is 10.1. The molecule has 2 amide bonds.